The maximum atomic E-state index is 12.7. The molecule has 1 spiro atoms. The quantitative estimate of drug-likeness (QED) is 0.780. The van der Waals surface area contributed by atoms with E-state index in [0.29, 0.717) is 29.5 Å². The van der Waals surface area contributed by atoms with Crippen molar-refractivity contribution < 1.29 is 14.3 Å². The largest absolute Gasteiger partial charge is 0.497 e. The molecule has 0 amide bonds. The summed E-state index contributed by atoms with van der Waals surface area (Å²) in [4.78, 5) is 14.9. The topological polar surface area (TPSA) is 50.8 Å². The number of thiocarbonyl (C=S) groups is 1. The van der Waals surface area contributed by atoms with Gasteiger partial charge in [-0.15, -0.1) is 0 Å². The van der Waals surface area contributed by atoms with Gasteiger partial charge >= 0.3 is 0 Å². The Bertz CT molecular complexity index is 722. The number of ether oxygens (including phenoxy) is 2. The number of methoxy groups -OCH3 is 1. The van der Waals surface area contributed by atoms with Crippen molar-refractivity contribution in [3.8, 4) is 11.5 Å². The Morgan fingerprint density at radius 2 is 2.00 bits per heavy atom. The summed E-state index contributed by atoms with van der Waals surface area (Å²) < 4.78 is 11.6. The molecule has 146 valence electrons. The van der Waals surface area contributed by atoms with Gasteiger partial charge < -0.3 is 19.7 Å². The average Bonchev–Trinajstić information content (AvgIpc) is 2.68. The molecule has 0 atom stereocenters. The van der Waals surface area contributed by atoms with Crippen molar-refractivity contribution in [3.63, 3.8) is 0 Å². The van der Waals surface area contributed by atoms with Gasteiger partial charge in [-0.1, -0.05) is 19.3 Å². The highest BCUT2D eigenvalue weighted by Gasteiger charge is 2.43. The SMILES string of the molecule is COc1ccc2c(c1)OC1(CCN(C(=S)NC3CCCCC3)CC1)CC2=O. The molecule has 3 aliphatic rings. The Morgan fingerprint density at radius 3 is 2.70 bits per heavy atom. The first-order valence-corrected chi connectivity index (χ1v) is 10.5. The molecule has 1 aliphatic carbocycles. The second kappa shape index (κ2) is 7.66. The minimum Gasteiger partial charge on any atom is -0.497 e. The standard InChI is InChI=1S/C21H28N2O3S/c1-25-16-7-8-17-18(24)14-21(26-19(17)13-16)9-11-23(12-10-21)20(27)22-15-5-3-2-4-6-15/h7-8,13,15H,2-6,9-12,14H2,1H3,(H,22,27). The molecule has 1 saturated heterocycles. The fraction of sp³-hybridized carbons (Fsp3) is 0.619. The number of carbonyl (C=O) groups excluding carboxylic acids is 1. The van der Waals surface area contributed by atoms with Gasteiger partial charge in [0.05, 0.1) is 19.1 Å². The molecule has 1 aromatic rings. The van der Waals surface area contributed by atoms with Crippen molar-refractivity contribution in [2.45, 2.75) is 63.0 Å². The van der Waals surface area contributed by atoms with Gasteiger partial charge in [0.2, 0.25) is 0 Å². The first kappa shape index (κ1) is 18.5. The second-order valence-electron chi connectivity index (χ2n) is 8.02. The van der Waals surface area contributed by atoms with E-state index >= 15 is 0 Å². The number of nitrogens with one attached hydrogen (secondary N) is 1. The van der Waals surface area contributed by atoms with Crippen LogP contribution < -0.4 is 14.8 Å². The summed E-state index contributed by atoms with van der Waals surface area (Å²) in [5.74, 6) is 1.53. The van der Waals surface area contributed by atoms with Gasteiger partial charge in [0.1, 0.15) is 17.1 Å². The van der Waals surface area contributed by atoms with Crippen LogP contribution in [0, 0.1) is 0 Å². The molecule has 4 rings (SSSR count). The third kappa shape index (κ3) is 3.91. The molecule has 5 nitrogen and oxygen atoms in total. The van der Waals surface area contributed by atoms with Crippen LogP contribution in [0.4, 0.5) is 0 Å². The van der Waals surface area contributed by atoms with Crippen LogP contribution in [0.1, 0.15) is 61.7 Å². The number of ketones is 1. The zero-order chi connectivity index (χ0) is 18.9. The summed E-state index contributed by atoms with van der Waals surface area (Å²) in [6.45, 7) is 1.65. The highest BCUT2D eigenvalue weighted by atomic mass is 32.1. The molecule has 1 aromatic carbocycles. The summed E-state index contributed by atoms with van der Waals surface area (Å²) in [7, 11) is 1.63. The number of carbonyl (C=O) groups is 1. The Morgan fingerprint density at radius 1 is 1.26 bits per heavy atom. The van der Waals surface area contributed by atoms with Crippen LogP contribution in [0.2, 0.25) is 0 Å². The van der Waals surface area contributed by atoms with E-state index in [4.69, 9.17) is 21.7 Å². The molecule has 0 aromatic heterocycles. The number of benzene rings is 1. The van der Waals surface area contributed by atoms with E-state index in [-0.39, 0.29) is 5.78 Å². The summed E-state index contributed by atoms with van der Waals surface area (Å²) in [6, 6.07) is 5.97. The number of hydrogen-bond acceptors (Lipinski definition) is 4. The fourth-order valence-electron chi connectivity index (χ4n) is 4.51. The van der Waals surface area contributed by atoms with E-state index in [1.165, 1.54) is 32.1 Å². The van der Waals surface area contributed by atoms with Crippen LogP contribution in [0.15, 0.2) is 18.2 Å². The summed E-state index contributed by atoms with van der Waals surface area (Å²) in [6.07, 6.45) is 8.42. The number of rotatable bonds is 2. The lowest BCUT2D eigenvalue weighted by atomic mass is 9.82. The molecule has 0 bridgehead atoms. The van der Waals surface area contributed by atoms with Gasteiger partial charge in [0, 0.05) is 38.0 Å². The van der Waals surface area contributed by atoms with Crippen molar-refractivity contribution >= 4 is 23.1 Å². The van der Waals surface area contributed by atoms with Gasteiger partial charge in [0.15, 0.2) is 10.9 Å². The predicted molar refractivity (Wildman–Crippen MR) is 109 cm³/mol. The van der Waals surface area contributed by atoms with E-state index in [1.807, 2.05) is 18.2 Å². The van der Waals surface area contributed by atoms with Crippen LogP contribution >= 0.6 is 12.2 Å². The maximum Gasteiger partial charge on any atom is 0.170 e. The molecule has 1 saturated carbocycles. The van der Waals surface area contributed by atoms with Gasteiger partial charge in [-0.2, -0.15) is 0 Å². The normalized spacial score (nSPS) is 22.1. The number of likely N-dealkylation sites (tertiary alicyclic amines) is 1. The molecule has 0 radical (unpaired) electrons. The Hall–Kier alpha value is -1.82. The number of nitrogens with zero attached hydrogens (tertiary/aromatic N) is 1. The number of piperidine rings is 1. The van der Waals surface area contributed by atoms with E-state index in [2.05, 4.69) is 10.2 Å². The maximum absolute atomic E-state index is 12.7. The fourth-order valence-corrected chi connectivity index (χ4v) is 4.86. The number of fused-ring (bicyclic) bond motifs is 1. The molecule has 6 heteroatoms. The highest BCUT2D eigenvalue weighted by Crippen LogP contribution is 2.40. The zero-order valence-electron chi connectivity index (χ0n) is 16.0. The Labute approximate surface area is 166 Å². The van der Waals surface area contributed by atoms with E-state index in [0.717, 1.165) is 31.0 Å². The summed E-state index contributed by atoms with van der Waals surface area (Å²) in [5, 5.41) is 4.41. The third-order valence-corrected chi connectivity index (χ3v) is 6.57. The minimum atomic E-state index is -0.409. The lowest BCUT2D eigenvalue weighted by Crippen LogP contribution is -2.55. The van der Waals surface area contributed by atoms with Crippen LogP contribution in [0.5, 0.6) is 11.5 Å². The van der Waals surface area contributed by atoms with E-state index < -0.39 is 5.60 Å². The van der Waals surface area contributed by atoms with Gasteiger partial charge in [-0.3, -0.25) is 4.79 Å². The van der Waals surface area contributed by atoms with Gasteiger partial charge in [0.25, 0.3) is 0 Å². The molecule has 2 fully saturated rings. The van der Waals surface area contributed by atoms with Crippen LogP contribution in [-0.2, 0) is 0 Å². The predicted octanol–water partition coefficient (Wildman–Crippen LogP) is 3.70. The molecular weight excluding hydrogens is 360 g/mol. The molecular formula is C21H28N2O3S. The van der Waals surface area contributed by atoms with Crippen LogP contribution in [0.25, 0.3) is 0 Å². The second-order valence-corrected chi connectivity index (χ2v) is 8.41. The molecule has 1 N–H and O–H groups in total. The van der Waals surface area contributed by atoms with Crippen molar-refractivity contribution in [2.24, 2.45) is 0 Å². The molecule has 0 unspecified atom stereocenters. The van der Waals surface area contributed by atoms with Crippen LogP contribution in [-0.4, -0.2) is 47.6 Å². The van der Waals surface area contributed by atoms with Gasteiger partial charge in [-0.05, 0) is 37.2 Å². The van der Waals surface area contributed by atoms with Gasteiger partial charge in [-0.25, -0.2) is 0 Å². The molecule has 2 aliphatic heterocycles. The summed E-state index contributed by atoms with van der Waals surface area (Å²) >= 11 is 5.65. The number of hydrogen-bond donors (Lipinski definition) is 1. The minimum absolute atomic E-state index is 0.162. The third-order valence-electron chi connectivity index (χ3n) is 6.19. The smallest absolute Gasteiger partial charge is 0.170 e. The average molecular weight is 389 g/mol. The van der Waals surface area contributed by atoms with Crippen molar-refractivity contribution in [3.05, 3.63) is 23.8 Å². The lowest BCUT2D eigenvalue weighted by Gasteiger charge is -2.45. The molecule has 2 heterocycles. The Balaban J connectivity index is 1.39. The molecule has 27 heavy (non-hydrogen) atoms. The highest BCUT2D eigenvalue weighted by molar-refractivity contribution is 7.80. The number of Topliss-reactive ketones (excluding diaryl/α,β-unsaturated/α-hetero) is 1. The Kier molecular flexibility index (Phi) is 5.26. The van der Waals surface area contributed by atoms with E-state index in [1.54, 1.807) is 7.11 Å². The van der Waals surface area contributed by atoms with Crippen molar-refractivity contribution in [1.29, 1.82) is 0 Å². The van der Waals surface area contributed by atoms with Crippen LogP contribution in [0.3, 0.4) is 0 Å². The van der Waals surface area contributed by atoms with Crippen molar-refractivity contribution in [2.75, 3.05) is 20.2 Å². The lowest BCUT2D eigenvalue weighted by molar-refractivity contribution is 0.00334. The summed E-state index contributed by atoms with van der Waals surface area (Å²) in [5.41, 5.74) is 0.256. The first-order chi connectivity index (χ1) is 13.1. The van der Waals surface area contributed by atoms with E-state index in [9.17, 15) is 4.79 Å². The first-order valence-electron chi connectivity index (χ1n) is 10.0. The van der Waals surface area contributed by atoms with Crippen molar-refractivity contribution in [1.82, 2.24) is 10.2 Å². The monoisotopic (exact) mass is 388 g/mol. The zero-order valence-corrected chi connectivity index (χ0v) is 16.8.